The van der Waals surface area contributed by atoms with Gasteiger partial charge < -0.3 is 19.9 Å². The van der Waals surface area contributed by atoms with Crippen molar-refractivity contribution in [1.82, 2.24) is 15.2 Å². The van der Waals surface area contributed by atoms with E-state index < -0.39 is 17.6 Å². The molecule has 0 aliphatic carbocycles. The first-order valence-corrected chi connectivity index (χ1v) is 10.7. The second-order valence-corrected chi connectivity index (χ2v) is 8.46. The number of nitrogens with one attached hydrogen (secondary N) is 2. The number of aromatic nitrogens is 1. The standard InChI is InChI=1S/C24H28ClN3O4/c1-24(2,3)32-23(31)27-14-7-5-4-6-13-26-21(29)20-12-9-15-28(22(20)30)17-18-10-8-11-19(25)16-18/h8-12,15-16H,6-7,13-14,17H2,1-3H3,(H,26,29)(H,27,31). The van der Waals surface area contributed by atoms with E-state index in [4.69, 9.17) is 16.3 Å². The molecule has 32 heavy (non-hydrogen) atoms. The van der Waals surface area contributed by atoms with Gasteiger partial charge in [0.25, 0.3) is 11.5 Å². The van der Waals surface area contributed by atoms with Crippen molar-refractivity contribution in [1.29, 1.82) is 0 Å². The van der Waals surface area contributed by atoms with Crippen molar-refractivity contribution in [2.75, 3.05) is 13.1 Å². The monoisotopic (exact) mass is 457 g/mol. The lowest BCUT2D eigenvalue weighted by atomic mass is 10.2. The van der Waals surface area contributed by atoms with Gasteiger partial charge in [-0.15, -0.1) is 11.8 Å². The van der Waals surface area contributed by atoms with Crippen molar-refractivity contribution in [3.05, 3.63) is 69.1 Å². The van der Waals surface area contributed by atoms with Gasteiger partial charge in [-0.2, -0.15) is 0 Å². The third kappa shape index (κ3) is 8.86. The summed E-state index contributed by atoms with van der Waals surface area (Å²) in [6.45, 7) is 6.40. The van der Waals surface area contributed by atoms with Crippen molar-refractivity contribution in [3.63, 3.8) is 0 Å². The second kappa shape index (κ2) is 12.0. The van der Waals surface area contributed by atoms with E-state index in [2.05, 4.69) is 22.5 Å². The fourth-order valence-corrected chi connectivity index (χ4v) is 2.93. The summed E-state index contributed by atoms with van der Waals surface area (Å²) >= 11 is 5.99. The van der Waals surface area contributed by atoms with Gasteiger partial charge >= 0.3 is 6.09 Å². The average molecular weight is 458 g/mol. The van der Waals surface area contributed by atoms with Crippen LogP contribution in [0.25, 0.3) is 0 Å². The molecule has 2 amide bonds. The number of pyridine rings is 1. The van der Waals surface area contributed by atoms with Gasteiger partial charge in [-0.3, -0.25) is 9.59 Å². The van der Waals surface area contributed by atoms with Gasteiger partial charge in [0.2, 0.25) is 0 Å². The van der Waals surface area contributed by atoms with Gasteiger partial charge in [0, 0.05) is 37.2 Å². The predicted octanol–water partition coefficient (Wildman–Crippen LogP) is 3.59. The Labute approximate surface area is 193 Å². The molecule has 2 rings (SSSR count). The second-order valence-electron chi connectivity index (χ2n) is 8.02. The maximum absolute atomic E-state index is 12.6. The normalized spacial score (nSPS) is 10.6. The number of alkyl carbamates (subject to hydrolysis) is 1. The Morgan fingerprint density at radius 2 is 1.75 bits per heavy atom. The zero-order chi connectivity index (χ0) is 23.6. The average Bonchev–Trinajstić information content (AvgIpc) is 2.70. The van der Waals surface area contributed by atoms with Crippen molar-refractivity contribution in [2.45, 2.75) is 45.8 Å². The fraction of sp³-hybridized carbons (Fsp3) is 0.375. The van der Waals surface area contributed by atoms with Crippen LogP contribution in [0.2, 0.25) is 5.02 Å². The van der Waals surface area contributed by atoms with Crippen LogP contribution in [0.15, 0.2) is 47.4 Å². The number of nitrogens with zero attached hydrogens (tertiary/aromatic N) is 1. The minimum absolute atomic E-state index is 0.0732. The molecule has 1 heterocycles. The Hall–Kier alpha value is -3.24. The zero-order valence-corrected chi connectivity index (χ0v) is 19.3. The number of hydrogen-bond donors (Lipinski definition) is 2. The van der Waals surface area contributed by atoms with E-state index in [1.165, 1.54) is 10.6 Å². The van der Waals surface area contributed by atoms with Gasteiger partial charge in [0.15, 0.2) is 0 Å². The zero-order valence-electron chi connectivity index (χ0n) is 18.5. The highest BCUT2D eigenvalue weighted by molar-refractivity contribution is 6.30. The first kappa shape index (κ1) is 25.0. The maximum atomic E-state index is 12.6. The van der Waals surface area contributed by atoms with Crippen LogP contribution in [-0.4, -0.2) is 35.3 Å². The Kier molecular flexibility index (Phi) is 9.36. The highest BCUT2D eigenvalue weighted by Gasteiger charge is 2.15. The molecule has 0 radical (unpaired) electrons. The van der Waals surface area contributed by atoms with Crippen LogP contribution in [0.5, 0.6) is 0 Å². The molecule has 1 aromatic heterocycles. The first-order valence-electron chi connectivity index (χ1n) is 10.3. The maximum Gasteiger partial charge on any atom is 0.407 e. The van der Waals surface area contributed by atoms with Crippen molar-refractivity contribution >= 4 is 23.6 Å². The van der Waals surface area contributed by atoms with Crippen molar-refractivity contribution in [3.8, 4) is 11.8 Å². The quantitative estimate of drug-likeness (QED) is 0.491. The molecule has 7 nitrogen and oxygen atoms in total. The molecular formula is C24H28ClN3O4. The summed E-state index contributed by atoms with van der Waals surface area (Å²) in [5, 5.41) is 5.92. The van der Waals surface area contributed by atoms with Crippen LogP contribution < -0.4 is 16.2 Å². The molecule has 0 atom stereocenters. The molecular weight excluding hydrogens is 430 g/mol. The smallest absolute Gasteiger partial charge is 0.407 e. The Balaban J connectivity index is 1.78. The van der Waals surface area contributed by atoms with Crippen molar-refractivity contribution < 1.29 is 14.3 Å². The Bertz CT molecular complexity index is 1060. The molecule has 0 aliphatic heterocycles. The third-order valence-electron chi connectivity index (χ3n) is 4.09. The van der Waals surface area contributed by atoms with Crippen LogP contribution in [0.3, 0.4) is 0 Å². The van der Waals surface area contributed by atoms with Crippen LogP contribution >= 0.6 is 11.6 Å². The van der Waals surface area contributed by atoms with Gasteiger partial charge in [0.1, 0.15) is 11.2 Å². The summed E-state index contributed by atoms with van der Waals surface area (Å²) in [6.07, 6.45) is 2.06. The lowest BCUT2D eigenvalue weighted by Gasteiger charge is -2.19. The van der Waals surface area contributed by atoms with E-state index in [-0.39, 0.29) is 11.1 Å². The number of carbonyl (C=O) groups is 2. The van der Waals surface area contributed by atoms with Crippen LogP contribution in [-0.2, 0) is 11.3 Å². The molecule has 2 N–H and O–H groups in total. The predicted molar refractivity (Wildman–Crippen MR) is 125 cm³/mol. The van der Waals surface area contributed by atoms with Gasteiger partial charge in [-0.05, 0) is 50.6 Å². The largest absolute Gasteiger partial charge is 0.444 e. The summed E-state index contributed by atoms with van der Waals surface area (Å²) in [6, 6.07) is 10.4. The van der Waals surface area contributed by atoms with E-state index >= 15 is 0 Å². The molecule has 0 saturated carbocycles. The molecule has 0 spiro atoms. The highest BCUT2D eigenvalue weighted by atomic mass is 35.5. The Morgan fingerprint density at radius 1 is 1.06 bits per heavy atom. The van der Waals surface area contributed by atoms with Gasteiger partial charge in [-0.25, -0.2) is 4.79 Å². The summed E-state index contributed by atoms with van der Waals surface area (Å²) in [5.74, 6) is 5.41. The molecule has 0 unspecified atom stereocenters. The number of amides is 2. The molecule has 2 aromatic rings. The molecule has 170 valence electrons. The van der Waals surface area contributed by atoms with Crippen LogP contribution in [0, 0.1) is 11.8 Å². The highest BCUT2D eigenvalue weighted by Crippen LogP contribution is 2.11. The van der Waals surface area contributed by atoms with Crippen LogP contribution in [0.1, 0.15) is 49.5 Å². The van der Waals surface area contributed by atoms with E-state index in [1.54, 1.807) is 45.2 Å². The molecule has 1 aromatic carbocycles. The molecule has 0 saturated heterocycles. The lowest BCUT2D eigenvalue weighted by Crippen LogP contribution is -2.33. The number of hydrogen-bond acceptors (Lipinski definition) is 4. The fourth-order valence-electron chi connectivity index (χ4n) is 2.72. The molecule has 0 aliphatic rings. The summed E-state index contributed by atoms with van der Waals surface area (Å²) < 4.78 is 6.60. The molecule has 0 bridgehead atoms. The minimum atomic E-state index is -0.536. The Morgan fingerprint density at radius 3 is 2.41 bits per heavy atom. The van der Waals surface area contributed by atoms with Gasteiger partial charge in [-0.1, -0.05) is 23.7 Å². The third-order valence-corrected chi connectivity index (χ3v) is 4.32. The summed E-state index contributed by atoms with van der Waals surface area (Å²) in [5.41, 5.74) is 0.0347. The first-order chi connectivity index (χ1) is 15.2. The molecule has 8 heteroatoms. The van der Waals surface area contributed by atoms with Crippen molar-refractivity contribution in [2.24, 2.45) is 0 Å². The lowest BCUT2D eigenvalue weighted by molar-refractivity contribution is 0.0529. The van der Waals surface area contributed by atoms with E-state index in [0.29, 0.717) is 37.5 Å². The topological polar surface area (TPSA) is 89.4 Å². The number of ether oxygens (including phenoxy) is 1. The number of carbonyl (C=O) groups excluding carboxylic acids is 2. The van der Waals surface area contributed by atoms with Gasteiger partial charge in [0.05, 0.1) is 6.54 Å². The van der Waals surface area contributed by atoms with Crippen LogP contribution in [0.4, 0.5) is 4.79 Å². The minimum Gasteiger partial charge on any atom is -0.444 e. The number of rotatable bonds is 7. The molecule has 0 fully saturated rings. The summed E-state index contributed by atoms with van der Waals surface area (Å²) in [7, 11) is 0. The van der Waals surface area contributed by atoms with E-state index in [0.717, 1.165) is 5.56 Å². The SMILES string of the molecule is CC(C)(C)OC(=O)NCCC#CCCNC(=O)c1cccn(Cc2cccc(Cl)c2)c1=O. The van der Waals surface area contributed by atoms with E-state index in [9.17, 15) is 14.4 Å². The number of benzene rings is 1. The summed E-state index contributed by atoms with van der Waals surface area (Å²) in [4.78, 5) is 36.5. The number of halogens is 1. The van der Waals surface area contributed by atoms with E-state index in [1.807, 2.05) is 12.1 Å².